The Balaban J connectivity index is 2.28. The third kappa shape index (κ3) is 2.09. The number of ether oxygens (including phenoxy) is 1. The van der Waals surface area contributed by atoms with Crippen molar-refractivity contribution < 1.29 is 14.3 Å². The molecule has 0 aromatic heterocycles. The lowest BCUT2D eigenvalue weighted by atomic mass is 10.0. The Labute approximate surface area is 119 Å². The van der Waals surface area contributed by atoms with Gasteiger partial charge in [-0.3, -0.25) is 4.79 Å². The number of likely N-dealkylation sites (N-methyl/N-ethyl adjacent to an activating group) is 1. The molecule has 1 saturated carbocycles. The largest absolute Gasteiger partial charge is 0.464 e. The van der Waals surface area contributed by atoms with Crippen LogP contribution in [0.4, 0.5) is 0 Å². The van der Waals surface area contributed by atoms with Gasteiger partial charge in [-0.05, 0) is 25.5 Å². The highest BCUT2D eigenvalue weighted by atomic mass is 16.5. The Kier molecular flexibility index (Phi) is 3.59. The second kappa shape index (κ2) is 4.93. The average molecular weight is 275 g/mol. The van der Waals surface area contributed by atoms with Crippen LogP contribution < -0.4 is 0 Å². The number of carbonyl (C=O) groups excluding carboxylic acids is 2. The Morgan fingerprint density at radius 2 is 1.80 bits per heavy atom. The molecular formula is C16H21NO3. The molecule has 20 heavy (non-hydrogen) atoms. The lowest BCUT2D eigenvalue weighted by Gasteiger charge is -2.29. The van der Waals surface area contributed by atoms with E-state index in [2.05, 4.69) is 0 Å². The first-order valence-corrected chi connectivity index (χ1v) is 6.87. The van der Waals surface area contributed by atoms with Crippen molar-refractivity contribution in [1.29, 1.82) is 0 Å². The van der Waals surface area contributed by atoms with Crippen LogP contribution in [0.3, 0.4) is 0 Å². The minimum Gasteiger partial charge on any atom is -0.464 e. The summed E-state index contributed by atoms with van der Waals surface area (Å²) >= 11 is 0. The molecule has 4 heteroatoms. The van der Waals surface area contributed by atoms with Crippen LogP contribution in [0, 0.1) is 5.41 Å². The van der Waals surface area contributed by atoms with Crippen LogP contribution in [0.1, 0.15) is 37.6 Å². The maximum atomic E-state index is 12.5. The third-order valence-corrected chi connectivity index (χ3v) is 4.20. The summed E-state index contributed by atoms with van der Waals surface area (Å²) in [5.74, 6) is -0.457. The summed E-state index contributed by atoms with van der Waals surface area (Å²) in [6, 6.07) is 9.01. The number of hydrogen-bond acceptors (Lipinski definition) is 3. The second-order valence-electron chi connectivity index (χ2n) is 5.87. The van der Waals surface area contributed by atoms with Crippen molar-refractivity contribution in [2.75, 3.05) is 13.7 Å². The fourth-order valence-electron chi connectivity index (χ4n) is 2.85. The number of nitrogens with zero attached hydrogens (tertiary/aromatic N) is 1. The molecule has 0 bridgehead atoms. The van der Waals surface area contributed by atoms with Crippen molar-refractivity contribution in [1.82, 2.24) is 4.90 Å². The van der Waals surface area contributed by atoms with Crippen LogP contribution in [0.5, 0.6) is 0 Å². The van der Waals surface area contributed by atoms with E-state index in [1.807, 2.05) is 32.0 Å². The normalized spacial score (nSPS) is 23.0. The van der Waals surface area contributed by atoms with Gasteiger partial charge < -0.3 is 9.64 Å². The van der Waals surface area contributed by atoms with Crippen LogP contribution in [0.15, 0.2) is 30.3 Å². The minimum absolute atomic E-state index is 0.149. The van der Waals surface area contributed by atoms with Gasteiger partial charge in [0.2, 0.25) is 0 Å². The fourth-order valence-corrected chi connectivity index (χ4v) is 2.85. The van der Waals surface area contributed by atoms with Crippen LogP contribution >= 0.6 is 0 Å². The molecule has 1 aliphatic carbocycles. The zero-order valence-corrected chi connectivity index (χ0v) is 12.5. The predicted molar refractivity (Wildman–Crippen MR) is 76.3 cm³/mol. The van der Waals surface area contributed by atoms with Crippen molar-refractivity contribution in [2.24, 2.45) is 5.41 Å². The summed E-state index contributed by atoms with van der Waals surface area (Å²) < 4.78 is 5.18. The fraction of sp³-hybridized carbons (Fsp3) is 0.500. The van der Waals surface area contributed by atoms with Gasteiger partial charge in [-0.1, -0.05) is 32.0 Å². The smallest absolute Gasteiger partial charge is 0.332 e. The predicted octanol–water partition coefficient (Wildman–Crippen LogP) is 2.49. The van der Waals surface area contributed by atoms with Crippen molar-refractivity contribution in [3.05, 3.63) is 35.9 Å². The van der Waals surface area contributed by atoms with E-state index in [9.17, 15) is 9.59 Å². The molecule has 1 aliphatic rings. The molecule has 1 fully saturated rings. The van der Waals surface area contributed by atoms with E-state index in [1.165, 1.54) is 0 Å². The Bertz CT molecular complexity index is 524. The molecule has 0 aliphatic heterocycles. The van der Waals surface area contributed by atoms with E-state index in [-0.39, 0.29) is 17.3 Å². The lowest BCUT2D eigenvalue weighted by Crippen LogP contribution is -2.48. The Morgan fingerprint density at radius 3 is 2.25 bits per heavy atom. The second-order valence-corrected chi connectivity index (χ2v) is 5.87. The Morgan fingerprint density at radius 1 is 1.25 bits per heavy atom. The van der Waals surface area contributed by atoms with Crippen LogP contribution in [-0.2, 0) is 9.53 Å². The molecule has 1 amide bonds. The zero-order valence-electron chi connectivity index (χ0n) is 12.5. The molecule has 108 valence electrons. The molecule has 2 rings (SSSR count). The first-order valence-electron chi connectivity index (χ1n) is 6.87. The first-order chi connectivity index (χ1) is 9.37. The first kappa shape index (κ1) is 14.6. The van der Waals surface area contributed by atoms with Gasteiger partial charge in [-0.15, -0.1) is 0 Å². The van der Waals surface area contributed by atoms with Gasteiger partial charge in [0.1, 0.15) is 5.54 Å². The lowest BCUT2D eigenvalue weighted by molar-refractivity contribution is -0.151. The summed E-state index contributed by atoms with van der Waals surface area (Å²) in [7, 11) is 1.68. The molecule has 1 aromatic carbocycles. The minimum atomic E-state index is -0.837. The Hall–Kier alpha value is -1.84. The molecule has 0 saturated heterocycles. The van der Waals surface area contributed by atoms with Gasteiger partial charge in [0.15, 0.2) is 0 Å². The van der Waals surface area contributed by atoms with E-state index in [0.29, 0.717) is 18.6 Å². The zero-order chi connectivity index (χ0) is 15.0. The van der Waals surface area contributed by atoms with Gasteiger partial charge in [-0.2, -0.15) is 0 Å². The highest BCUT2D eigenvalue weighted by Gasteiger charge is 2.71. The van der Waals surface area contributed by atoms with Crippen LogP contribution in [0.25, 0.3) is 0 Å². The number of benzene rings is 1. The molecular weight excluding hydrogens is 254 g/mol. The van der Waals surface area contributed by atoms with E-state index < -0.39 is 5.54 Å². The van der Waals surface area contributed by atoms with E-state index in [1.54, 1.807) is 31.0 Å². The van der Waals surface area contributed by atoms with Crippen LogP contribution in [-0.4, -0.2) is 36.0 Å². The maximum Gasteiger partial charge on any atom is 0.332 e. The monoisotopic (exact) mass is 275 g/mol. The highest BCUT2D eigenvalue weighted by molar-refractivity contribution is 5.99. The third-order valence-electron chi connectivity index (χ3n) is 4.20. The topological polar surface area (TPSA) is 46.6 Å². The summed E-state index contributed by atoms with van der Waals surface area (Å²) in [5.41, 5.74) is -0.504. The van der Waals surface area contributed by atoms with Gasteiger partial charge in [0, 0.05) is 18.0 Å². The molecule has 1 aromatic rings. The van der Waals surface area contributed by atoms with E-state index in [4.69, 9.17) is 4.74 Å². The molecule has 0 radical (unpaired) electrons. The highest BCUT2D eigenvalue weighted by Crippen LogP contribution is 2.59. The average Bonchev–Trinajstić information content (AvgIpc) is 3.03. The van der Waals surface area contributed by atoms with Crippen LogP contribution in [0.2, 0.25) is 0 Å². The van der Waals surface area contributed by atoms with Crippen molar-refractivity contribution in [2.45, 2.75) is 32.7 Å². The number of amides is 1. The summed E-state index contributed by atoms with van der Waals surface area (Å²) in [5, 5.41) is 0. The quantitative estimate of drug-likeness (QED) is 0.793. The standard InChI is InChI=1S/C16H21NO3/c1-5-20-14(19)16(11-15(16,2)3)17(4)13(18)12-9-7-6-8-10-12/h6-10H,5,11H2,1-4H3. The molecule has 1 atom stereocenters. The number of carbonyl (C=O) groups is 2. The van der Waals surface area contributed by atoms with Gasteiger partial charge >= 0.3 is 5.97 Å². The summed E-state index contributed by atoms with van der Waals surface area (Å²) in [6.45, 7) is 6.07. The number of hydrogen-bond donors (Lipinski definition) is 0. The van der Waals surface area contributed by atoms with Crippen molar-refractivity contribution in [3.8, 4) is 0 Å². The number of rotatable bonds is 4. The number of esters is 1. The molecule has 1 unspecified atom stereocenters. The molecule has 0 N–H and O–H groups in total. The molecule has 4 nitrogen and oxygen atoms in total. The van der Waals surface area contributed by atoms with Gasteiger partial charge in [0.05, 0.1) is 6.61 Å². The van der Waals surface area contributed by atoms with E-state index >= 15 is 0 Å². The molecule has 0 heterocycles. The maximum absolute atomic E-state index is 12.5. The van der Waals surface area contributed by atoms with Gasteiger partial charge in [-0.25, -0.2) is 4.79 Å². The van der Waals surface area contributed by atoms with Gasteiger partial charge in [0.25, 0.3) is 5.91 Å². The van der Waals surface area contributed by atoms with E-state index in [0.717, 1.165) is 0 Å². The summed E-state index contributed by atoms with van der Waals surface area (Å²) in [4.78, 5) is 26.4. The SMILES string of the molecule is CCOC(=O)C1(N(C)C(=O)c2ccccc2)CC1(C)C. The van der Waals surface area contributed by atoms with Crippen molar-refractivity contribution >= 4 is 11.9 Å². The summed E-state index contributed by atoms with van der Waals surface area (Å²) in [6.07, 6.45) is 0.633. The molecule has 0 spiro atoms. The van der Waals surface area contributed by atoms with Crippen molar-refractivity contribution in [3.63, 3.8) is 0 Å².